The third-order valence-corrected chi connectivity index (χ3v) is 5.57. The smallest absolute Gasteiger partial charge is 0.218 e. The zero-order chi connectivity index (χ0) is 21.8. The van der Waals surface area contributed by atoms with Crippen molar-refractivity contribution in [2.45, 2.75) is 26.8 Å². The van der Waals surface area contributed by atoms with Gasteiger partial charge in [0.05, 0.1) is 0 Å². The molecular weight excluding hydrogens is 416 g/mol. The number of benzene rings is 1. The first-order valence-electron chi connectivity index (χ1n) is 10.0. The Morgan fingerprint density at radius 3 is 2.74 bits per heavy atom. The number of hydrogen-bond acceptors (Lipinski definition) is 5. The molecule has 3 aromatic heterocycles. The van der Waals surface area contributed by atoms with E-state index in [0.717, 1.165) is 33.6 Å². The van der Waals surface area contributed by atoms with Crippen molar-refractivity contribution in [3.63, 3.8) is 0 Å². The standard InChI is InChI=1S/C23H23F2N5S/c1-3-31-30-18-5-6-20(24)17(10-18)13-26-21-7-4-15(22(25)29-21)9-16-12-28-23-19(16)8-14(2)11-27-23/h4-8,10-12,30H,3,9,13H2,1-2H3,(H,26,29)(H,27,28). The van der Waals surface area contributed by atoms with Crippen molar-refractivity contribution < 1.29 is 8.78 Å². The normalized spacial score (nSPS) is 11.1. The number of fused-ring (bicyclic) bond motifs is 1. The second-order valence-electron chi connectivity index (χ2n) is 7.24. The quantitative estimate of drug-likeness (QED) is 0.238. The van der Waals surface area contributed by atoms with Crippen LogP contribution in [0.1, 0.15) is 29.2 Å². The first-order chi connectivity index (χ1) is 15.0. The Bertz CT molecular complexity index is 1210. The summed E-state index contributed by atoms with van der Waals surface area (Å²) in [6, 6.07) is 10.3. The van der Waals surface area contributed by atoms with E-state index in [1.807, 2.05) is 26.1 Å². The van der Waals surface area contributed by atoms with Crippen molar-refractivity contribution >= 4 is 34.5 Å². The van der Waals surface area contributed by atoms with E-state index in [0.29, 0.717) is 23.4 Å². The highest BCUT2D eigenvalue weighted by Crippen LogP contribution is 2.23. The number of nitrogens with one attached hydrogen (secondary N) is 3. The number of hydrogen-bond donors (Lipinski definition) is 3. The lowest BCUT2D eigenvalue weighted by molar-refractivity contribution is 0.571. The zero-order valence-electron chi connectivity index (χ0n) is 17.3. The largest absolute Gasteiger partial charge is 0.366 e. The Kier molecular flexibility index (Phi) is 6.36. The van der Waals surface area contributed by atoms with Crippen LogP contribution in [-0.4, -0.2) is 20.7 Å². The van der Waals surface area contributed by atoms with Crippen molar-refractivity contribution in [3.05, 3.63) is 82.8 Å². The maximum absolute atomic E-state index is 14.7. The molecule has 0 aliphatic heterocycles. The summed E-state index contributed by atoms with van der Waals surface area (Å²) < 4.78 is 31.9. The van der Waals surface area contributed by atoms with E-state index in [9.17, 15) is 8.78 Å². The molecule has 0 bridgehead atoms. The number of rotatable bonds is 8. The van der Waals surface area contributed by atoms with E-state index in [1.54, 1.807) is 30.5 Å². The zero-order valence-corrected chi connectivity index (χ0v) is 18.1. The van der Waals surface area contributed by atoms with Gasteiger partial charge in [-0.1, -0.05) is 24.9 Å². The van der Waals surface area contributed by atoms with Gasteiger partial charge in [-0.05, 0) is 48.4 Å². The molecule has 0 aliphatic carbocycles. The number of anilines is 2. The van der Waals surface area contributed by atoms with Crippen LogP contribution in [0.2, 0.25) is 0 Å². The fourth-order valence-corrected chi connectivity index (χ4v) is 3.76. The van der Waals surface area contributed by atoms with Gasteiger partial charge < -0.3 is 15.0 Å². The lowest BCUT2D eigenvalue weighted by Gasteiger charge is -2.11. The van der Waals surface area contributed by atoms with Crippen LogP contribution in [0, 0.1) is 18.7 Å². The minimum absolute atomic E-state index is 0.206. The third kappa shape index (κ3) is 4.96. The molecule has 31 heavy (non-hydrogen) atoms. The molecule has 0 spiro atoms. The van der Waals surface area contributed by atoms with Crippen LogP contribution >= 0.6 is 11.9 Å². The number of halogens is 2. The van der Waals surface area contributed by atoms with Crippen molar-refractivity contribution in [1.29, 1.82) is 0 Å². The molecule has 0 atom stereocenters. The molecule has 1 aromatic carbocycles. The van der Waals surface area contributed by atoms with Gasteiger partial charge in [0.15, 0.2) is 0 Å². The first kappa shape index (κ1) is 21.1. The average molecular weight is 440 g/mol. The summed E-state index contributed by atoms with van der Waals surface area (Å²) in [5.74, 6) is 0.392. The van der Waals surface area contributed by atoms with E-state index in [-0.39, 0.29) is 12.4 Å². The molecule has 160 valence electrons. The summed E-state index contributed by atoms with van der Waals surface area (Å²) in [4.78, 5) is 11.5. The number of nitrogens with zero attached hydrogens (tertiary/aromatic N) is 2. The molecule has 8 heteroatoms. The molecule has 4 rings (SSSR count). The molecule has 3 heterocycles. The minimum atomic E-state index is -0.546. The average Bonchev–Trinajstić information content (AvgIpc) is 3.15. The Morgan fingerprint density at radius 1 is 1.06 bits per heavy atom. The number of aryl methyl sites for hydroxylation is 1. The van der Waals surface area contributed by atoms with Gasteiger partial charge in [0, 0.05) is 53.3 Å². The predicted molar refractivity (Wildman–Crippen MR) is 123 cm³/mol. The van der Waals surface area contributed by atoms with E-state index < -0.39 is 5.95 Å². The fourth-order valence-electron chi connectivity index (χ4n) is 3.32. The highest BCUT2D eigenvalue weighted by Gasteiger charge is 2.11. The summed E-state index contributed by atoms with van der Waals surface area (Å²) in [6.45, 7) is 4.21. The number of H-pyrrole nitrogens is 1. The van der Waals surface area contributed by atoms with Gasteiger partial charge in [-0.2, -0.15) is 4.39 Å². The van der Waals surface area contributed by atoms with Gasteiger partial charge in [0.2, 0.25) is 5.95 Å². The van der Waals surface area contributed by atoms with Crippen LogP contribution in [0.15, 0.2) is 48.8 Å². The van der Waals surface area contributed by atoms with Crippen LogP contribution < -0.4 is 10.0 Å². The van der Waals surface area contributed by atoms with E-state index in [1.165, 1.54) is 18.0 Å². The summed E-state index contributed by atoms with van der Waals surface area (Å²) in [7, 11) is 0. The van der Waals surface area contributed by atoms with Gasteiger partial charge in [-0.3, -0.25) is 0 Å². The van der Waals surface area contributed by atoms with Crippen molar-refractivity contribution in [2.75, 3.05) is 15.8 Å². The first-order valence-corrected chi connectivity index (χ1v) is 11.0. The molecular formula is C23H23F2N5S. The minimum Gasteiger partial charge on any atom is -0.366 e. The third-order valence-electron chi connectivity index (χ3n) is 4.90. The van der Waals surface area contributed by atoms with Gasteiger partial charge in [-0.25, -0.2) is 14.4 Å². The van der Waals surface area contributed by atoms with Gasteiger partial charge in [0.25, 0.3) is 0 Å². The summed E-state index contributed by atoms with van der Waals surface area (Å²) in [6.07, 6.45) is 4.05. The molecule has 0 saturated carbocycles. The van der Waals surface area contributed by atoms with E-state index in [4.69, 9.17) is 0 Å². The van der Waals surface area contributed by atoms with Crippen molar-refractivity contribution in [2.24, 2.45) is 0 Å². The van der Waals surface area contributed by atoms with Gasteiger partial charge in [-0.15, -0.1) is 0 Å². The Morgan fingerprint density at radius 2 is 1.94 bits per heavy atom. The Labute approximate surface area is 183 Å². The van der Waals surface area contributed by atoms with Crippen molar-refractivity contribution in [3.8, 4) is 0 Å². The summed E-state index contributed by atoms with van der Waals surface area (Å²) in [5.41, 5.74) is 4.58. The lowest BCUT2D eigenvalue weighted by Crippen LogP contribution is -2.06. The maximum Gasteiger partial charge on any atom is 0.218 e. The maximum atomic E-state index is 14.7. The number of aromatic amines is 1. The molecule has 5 nitrogen and oxygen atoms in total. The Balaban J connectivity index is 1.46. The second-order valence-corrected chi connectivity index (χ2v) is 8.31. The SMILES string of the molecule is CCSNc1ccc(F)c(CNc2ccc(Cc3c[nH]c4ncc(C)cc34)c(F)n2)c1. The monoisotopic (exact) mass is 439 g/mol. The molecule has 4 aromatic rings. The number of pyridine rings is 2. The van der Waals surface area contributed by atoms with Gasteiger partial charge >= 0.3 is 0 Å². The molecule has 0 radical (unpaired) electrons. The van der Waals surface area contributed by atoms with Crippen LogP contribution in [0.4, 0.5) is 20.3 Å². The molecule has 3 N–H and O–H groups in total. The van der Waals surface area contributed by atoms with E-state index in [2.05, 4.69) is 25.0 Å². The van der Waals surface area contributed by atoms with Crippen LogP contribution in [0.3, 0.4) is 0 Å². The van der Waals surface area contributed by atoms with Crippen molar-refractivity contribution in [1.82, 2.24) is 15.0 Å². The Hall–Kier alpha value is -3.13. The van der Waals surface area contributed by atoms with Crippen LogP contribution in [-0.2, 0) is 13.0 Å². The second kappa shape index (κ2) is 9.34. The topological polar surface area (TPSA) is 65.6 Å². The summed E-state index contributed by atoms with van der Waals surface area (Å²) in [5, 5.41) is 3.99. The molecule has 0 saturated heterocycles. The highest BCUT2D eigenvalue weighted by atomic mass is 32.2. The van der Waals surface area contributed by atoms with Crippen LogP contribution in [0.25, 0.3) is 11.0 Å². The molecule has 0 amide bonds. The van der Waals surface area contributed by atoms with E-state index >= 15 is 0 Å². The van der Waals surface area contributed by atoms with Gasteiger partial charge in [0.1, 0.15) is 17.3 Å². The molecule has 0 aliphatic rings. The predicted octanol–water partition coefficient (Wildman–Crippen LogP) is 5.83. The fraction of sp³-hybridized carbons (Fsp3) is 0.217. The number of aromatic nitrogens is 3. The molecule has 0 unspecified atom stereocenters. The highest BCUT2D eigenvalue weighted by molar-refractivity contribution is 8.00. The van der Waals surface area contributed by atoms with Crippen LogP contribution in [0.5, 0.6) is 0 Å². The molecule has 0 fully saturated rings. The summed E-state index contributed by atoms with van der Waals surface area (Å²) >= 11 is 1.54. The lowest BCUT2D eigenvalue weighted by atomic mass is 10.1.